The Balaban J connectivity index is 0.00000200. The molecular formula is C15H30IN3O. The molecule has 118 valence electrons. The summed E-state index contributed by atoms with van der Waals surface area (Å²) < 4.78 is 5.62. The second kappa shape index (κ2) is 9.07. The van der Waals surface area contributed by atoms with Gasteiger partial charge in [-0.3, -0.25) is 4.99 Å². The Morgan fingerprint density at radius 1 is 1.25 bits per heavy atom. The maximum Gasteiger partial charge on any atom is 0.191 e. The fourth-order valence-electron chi connectivity index (χ4n) is 3.29. The third-order valence-corrected chi connectivity index (χ3v) is 4.79. The third-order valence-electron chi connectivity index (χ3n) is 4.79. The van der Waals surface area contributed by atoms with Crippen molar-refractivity contribution in [3.63, 3.8) is 0 Å². The molecule has 1 saturated carbocycles. The number of rotatable bonds is 5. The van der Waals surface area contributed by atoms with Gasteiger partial charge < -0.3 is 15.4 Å². The molecule has 20 heavy (non-hydrogen) atoms. The van der Waals surface area contributed by atoms with Crippen LogP contribution in [0, 0.1) is 5.41 Å². The molecule has 1 aliphatic heterocycles. The summed E-state index contributed by atoms with van der Waals surface area (Å²) in [5.41, 5.74) is 0.501. The molecule has 0 spiro atoms. The summed E-state index contributed by atoms with van der Waals surface area (Å²) in [7, 11) is 1.85. The first kappa shape index (κ1) is 18.0. The van der Waals surface area contributed by atoms with E-state index in [2.05, 4.69) is 22.5 Å². The van der Waals surface area contributed by atoms with Crippen LogP contribution in [0.2, 0.25) is 0 Å². The number of guanidine groups is 1. The van der Waals surface area contributed by atoms with E-state index in [4.69, 9.17) is 4.74 Å². The summed E-state index contributed by atoms with van der Waals surface area (Å²) in [4.78, 5) is 4.31. The molecule has 4 nitrogen and oxygen atoms in total. The number of aliphatic imine (C=N–C) groups is 1. The predicted molar refractivity (Wildman–Crippen MR) is 94.9 cm³/mol. The van der Waals surface area contributed by atoms with Crippen molar-refractivity contribution >= 4 is 29.9 Å². The highest BCUT2D eigenvalue weighted by molar-refractivity contribution is 14.0. The van der Waals surface area contributed by atoms with Gasteiger partial charge in [-0.05, 0) is 37.5 Å². The van der Waals surface area contributed by atoms with Crippen LogP contribution in [0.3, 0.4) is 0 Å². The molecule has 5 heteroatoms. The van der Waals surface area contributed by atoms with E-state index in [0.29, 0.717) is 11.5 Å². The monoisotopic (exact) mass is 395 g/mol. The van der Waals surface area contributed by atoms with Gasteiger partial charge >= 0.3 is 0 Å². The number of ether oxygens (including phenoxy) is 1. The minimum absolute atomic E-state index is 0. The van der Waals surface area contributed by atoms with Crippen molar-refractivity contribution < 1.29 is 4.74 Å². The summed E-state index contributed by atoms with van der Waals surface area (Å²) in [5.74, 6) is 0.926. The van der Waals surface area contributed by atoms with E-state index in [1.165, 1.54) is 44.9 Å². The Kier molecular flexibility index (Phi) is 8.17. The van der Waals surface area contributed by atoms with Gasteiger partial charge in [0.25, 0.3) is 0 Å². The Hall–Kier alpha value is -0.0400. The highest BCUT2D eigenvalue weighted by Crippen LogP contribution is 2.40. The molecule has 2 rings (SSSR count). The maximum absolute atomic E-state index is 5.62. The lowest BCUT2D eigenvalue weighted by Crippen LogP contribution is -2.45. The van der Waals surface area contributed by atoms with E-state index < -0.39 is 0 Å². The lowest BCUT2D eigenvalue weighted by Gasteiger charge is -2.28. The van der Waals surface area contributed by atoms with Crippen molar-refractivity contribution in [3.05, 3.63) is 0 Å². The predicted octanol–water partition coefficient (Wildman–Crippen LogP) is 2.92. The van der Waals surface area contributed by atoms with Gasteiger partial charge in [0.15, 0.2) is 5.96 Å². The molecule has 1 heterocycles. The van der Waals surface area contributed by atoms with Crippen molar-refractivity contribution in [1.29, 1.82) is 0 Å². The van der Waals surface area contributed by atoms with Crippen LogP contribution < -0.4 is 10.6 Å². The van der Waals surface area contributed by atoms with Crippen LogP contribution in [0.15, 0.2) is 4.99 Å². The third kappa shape index (κ3) is 5.06. The van der Waals surface area contributed by atoms with Crippen molar-refractivity contribution in [3.8, 4) is 0 Å². The van der Waals surface area contributed by atoms with Crippen LogP contribution in [-0.4, -0.2) is 38.8 Å². The van der Waals surface area contributed by atoms with E-state index in [0.717, 1.165) is 25.7 Å². The Morgan fingerprint density at radius 3 is 2.55 bits per heavy atom. The molecule has 0 bridgehead atoms. The fourth-order valence-corrected chi connectivity index (χ4v) is 3.29. The number of hydrogen-bond donors (Lipinski definition) is 2. The van der Waals surface area contributed by atoms with Crippen LogP contribution in [-0.2, 0) is 4.74 Å². The van der Waals surface area contributed by atoms with Gasteiger partial charge in [-0.1, -0.05) is 19.8 Å². The molecule has 1 unspecified atom stereocenters. The molecular weight excluding hydrogens is 365 g/mol. The highest BCUT2D eigenvalue weighted by atomic mass is 127. The van der Waals surface area contributed by atoms with Crippen molar-refractivity contribution in [2.75, 3.05) is 26.7 Å². The van der Waals surface area contributed by atoms with Gasteiger partial charge in [-0.15, -0.1) is 24.0 Å². The van der Waals surface area contributed by atoms with E-state index in [1.807, 2.05) is 7.05 Å². The van der Waals surface area contributed by atoms with Crippen LogP contribution in [0.5, 0.6) is 0 Å². The Labute approximate surface area is 140 Å². The summed E-state index contributed by atoms with van der Waals surface area (Å²) in [6, 6.07) is 0. The molecule has 1 saturated heterocycles. The lowest BCUT2D eigenvalue weighted by molar-refractivity contribution is 0.113. The molecule has 2 aliphatic rings. The maximum atomic E-state index is 5.62. The zero-order chi connectivity index (χ0) is 13.6. The van der Waals surface area contributed by atoms with Crippen LogP contribution >= 0.6 is 24.0 Å². The molecule has 0 radical (unpaired) electrons. The molecule has 1 aliphatic carbocycles. The summed E-state index contributed by atoms with van der Waals surface area (Å²) in [6.07, 6.45) is 9.49. The largest absolute Gasteiger partial charge is 0.376 e. The lowest BCUT2D eigenvalue weighted by atomic mass is 9.83. The molecule has 0 aromatic rings. The molecule has 2 fully saturated rings. The van der Waals surface area contributed by atoms with Gasteiger partial charge in [0.1, 0.15) is 0 Å². The van der Waals surface area contributed by atoms with E-state index >= 15 is 0 Å². The van der Waals surface area contributed by atoms with Gasteiger partial charge in [0.2, 0.25) is 0 Å². The first-order valence-electron chi connectivity index (χ1n) is 7.84. The molecule has 0 aromatic carbocycles. The number of halogens is 1. The standard InChI is InChI=1S/C15H29N3O.HI/c1-3-15(8-4-5-9-15)12-18-14(16-2)17-11-13-7-6-10-19-13;/h13H,3-12H2,1-2H3,(H2,16,17,18);1H. The van der Waals surface area contributed by atoms with Gasteiger partial charge in [0.05, 0.1) is 6.10 Å². The zero-order valence-corrected chi connectivity index (χ0v) is 15.2. The Morgan fingerprint density at radius 2 is 2.00 bits per heavy atom. The van der Waals surface area contributed by atoms with Crippen molar-refractivity contribution in [2.45, 2.75) is 58.0 Å². The molecule has 0 aromatic heterocycles. The zero-order valence-electron chi connectivity index (χ0n) is 12.9. The first-order chi connectivity index (χ1) is 9.28. The Bertz CT molecular complexity index is 297. The molecule has 2 N–H and O–H groups in total. The smallest absolute Gasteiger partial charge is 0.191 e. The average Bonchev–Trinajstić information content (AvgIpc) is 3.11. The molecule has 1 atom stereocenters. The minimum Gasteiger partial charge on any atom is -0.376 e. The van der Waals surface area contributed by atoms with Crippen molar-refractivity contribution in [1.82, 2.24) is 10.6 Å². The van der Waals surface area contributed by atoms with Crippen LogP contribution in [0.1, 0.15) is 51.9 Å². The van der Waals surface area contributed by atoms with E-state index in [9.17, 15) is 0 Å². The topological polar surface area (TPSA) is 45.7 Å². The fraction of sp³-hybridized carbons (Fsp3) is 0.933. The van der Waals surface area contributed by atoms with Crippen LogP contribution in [0.4, 0.5) is 0 Å². The number of nitrogens with one attached hydrogen (secondary N) is 2. The summed E-state index contributed by atoms with van der Waals surface area (Å²) in [5, 5.41) is 6.90. The second-order valence-electron chi connectivity index (χ2n) is 6.00. The average molecular weight is 395 g/mol. The van der Waals surface area contributed by atoms with Gasteiger partial charge in [-0.25, -0.2) is 0 Å². The minimum atomic E-state index is 0. The second-order valence-corrected chi connectivity index (χ2v) is 6.00. The normalized spacial score (nSPS) is 25.3. The number of hydrogen-bond acceptors (Lipinski definition) is 2. The van der Waals surface area contributed by atoms with Gasteiger partial charge in [-0.2, -0.15) is 0 Å². The number of nitrogens with zero attached hydrogens (tertiary/aromatic N) is 1. The van der Waals surface area contributed by atoms with E-state index in [1.54, 1.807) is 0 Å². The quantitative estimate of drug-likeness (QED) is 0.428. The summed E-state index contributed by atoms with van der Waals surface area (Å²) in [6.45, 7) is 5.15. The molecule has 0 amide bonds. The summed E-state index contributed by atoms with van der Waals surface area (Å²) >= 11 is 0. The van der Waals surface area contributed by atoms with Crippen LogP contribution in [0.25, 0.3) is 0 Å². The SMILES string of the molecule is CCC1(CNC(=NC)NCC2CCCO2)CCCC1.I. The van der Waals surface area contributed by atoms with Crippen molar-refractivity contribution in [2.24, 2.45) is 10.4 Å². The first-order valence-corrected chi connectivity index (χ1v) is 7.84. The highest BCUT2D eigenvalue weighted by Gasteiger charge is 2.31. The van der Waals surface area contributed by atoms with Gasteiger partial charge in [0, 0.05) is 26.7 Å². The van der Waals surface area contributed by atoms with E-state index in [-0.39, 0.29) is 24.0 Å².